The Morgan fingerprint density at radius 3 is 2.77 bits per heavy atom. The molecule has 2 atom stereocenters. The number of rotatable bonds is 5. The van der Waals surface area contributed by atoms with Crippen molar-refractivity contribution in [2.24, 2.45) is 0 Å². The molecule has 0 aromatic heterocycles. The molecule has 31 heavy (non-hydrogen) atoms. The molecular weight excluding hydrogens is 402 g/mol. The first-order chi connectivity index (χ1) is 15.0. The standard InChI is InChI=1S/C22H23N3O6/c26-12-17-11-25(22(29)31-17)16-7-9-18-15(10-16)6-8-19(20(27)23-18)24-21(28)30-13-14-4-2-1-3-5-14/h1-5,7,9-10,17,19,26H,6,8,11-13H2,(H,23,27)(H,24,28)/t17-,19?/m1/s1. The number of alkyl carbamates (subject to hydrolysis) is 1. The maximum atomic E-state index is 12.6. The summed E-state index contributed by atoms with van der Waals surface area (Å²) in [5, 5.41) is 14.6. The molecule has 2 aromatic carbocycles. The van der Waals surface area contributed by atoms with Gasteiger partial charge in [-0.1, -0.05) is 30.3 Å². The largest absolute Gasteiger partial charge is 0.445 e. The summed E-state index contributed by atoms with van der Waals surface area (Å²) in [6.07, 6.45) is -0.839. The fraction of sp³-hybridized carbons (Fsp3) is 0.318. The van der Waals surface area contributed by atoms with Crippen LogP contribution in [0.2, 0.25) is 0 Å². The van der Waals surface area contributed by atoms with E-state index in [0.717, 1.165) is 11.1 Å². The van der Waals surface area contributed by atoms with Gasteiger partial charge in [0, 0.05) is 11.4 Å². The maximum Gasteiger partial charge on any atom is 0.414 e. The topological polar surface area (TPSA) is 117 Å². The Labute approximate surface area is 178 Å². The van der Waals surface area contributed by atoms with Gasteiger partial charge in [0.05, 0.1) is 13.2 Å². The van der Waals surface area contributed by atoms with Crippen LogP contribution in [0.5, 0.6) is 0 Å². The number of carbonyl (C=O) groups is 3. The van der Waals surface area contributed by atoms with Crippen LogP contribution in [0, 0.1) is 0 Å². The Morgan fingerprint density at radius 1 is 1.23 bits per heavy atom. The number of hydrogen-bond acceptors (Lipinski definition) is 6. The minimum atomic E-state index is -0.741. The molecule has 162 valence electrons. The Kier molecular flexibility index (Phi) is 6.03. The van der Waals surface area contributed by atoms with E-state index < -0.39 is 24.3 Å². The van der Waals surface area contributed by atoms with E-state index in [1.54, 1.807) is 12.1 Å². The van der Waals surface area contributed by atoms with Crippen LogP contribution in [0.15, 0.2) is 48.5 Å². The normalized spacial score (nSPS) is 20.4. The van der Waals surface area contributed by atoms with Crippen molar-refractivity contribution in [2.75, 3.05) is 23.4 Å². The number of hydrogen-bond donors (Lipinski definition) is 3. The molecule has 2 heterocycles. The smallest absolute Gasteiger partial charge is 0.414 e. The summed E-state index contributed by atoms with van der Waals surface area (Å²) in [5.74, 6) is -0.330. The molecule has 0 spiro atoms. The molecular formula is C22H23N3O6. The second-order valence-corrected chi connectivity index (χ2v) is 7.43. The number of nitrogens with zero attached hydrogens (tertiary/aromatic N) is 1. The van der Waals surface area contributed by atoms with Gasteiger partial charge < -0.3 is 25.2 Å². The van der Waals surface area contributed by atoms with Crippen LogP contribution >= 0.6 is 0 Å². The van der Waals surface area contributed by atoms with Gasteiger partial charge in [-0.15, -0.1) is 0 Å². The van der Waals surface area contributed by atoms with Gasteiger partial charge in [-0.3, -0.25) is 9.69 Å². The van der Waals surface area contributed by atoms with Gasteiger partial charge in [0.15, 0.2) is 0 Å². The Balaban J connectivity index is 1.38. The van der Waals surface area contributed by atoms with E-state index in [9.17, 15) is 19.5 Å². The molecule has 9 heteroatoms. The van der Waals surface area contributed by atoms with Gasteiger partial charge >= 0.3 is 12.2 Å². The summed E-state index contributed by atoms with van der Waals surface area (Å²) in [6, 6.07) is 13.8. The van der Waals surface area contributed by atoms with Crippen LogP contribution in [0.4, 0.5) is 21.0 Å². The van der Waals surface area contributed by atoms with Crippen LogP contribution < -0.4 is 15.5 Å². The molecule has 4 rings (SSSR count). The van der Waals surface area contributed by atoms with Crippen molar-refractivity contribution in [3.05, 3.63) is 59.7 Å². The van der Waals surface area contributed by atoms with E-state index in [1.165, 1.54) is 4.90 Å². The van der Waals surface area contributed by atoms with Crippen molar-refractivity contribution in [1.29, 1.82) is 0 Å². The second kappa shape index (κ2) is 9.05. The highest BCUT2D eigenvalue weighted by atomic mass is 16.6. The van der Waals surface area contributed by atoms with E-state index in [0.29, 0.717) is 24.2 Å². The highest BCUT2D eigenvalue weighted by Crippen LogP contribution is 2.29. The molecule has 0 radical (unpaired) electrons. The minimum Gasteiger partial charge on any atom is -0.445 e. The minimum absolute atomic E-state index is 0.116. The number of cyclic esters (lactones) is 1. The summed E-state index contributed by atoms with van der Waals surface area (Å²) in [6.45, 7) is 0.139. The maximum absolute atomic E-state index is 12.6. The van der Waals surface area contributed by atoms with Crippen LogP contribution in [-0.2, 0) is 27.3 Å². The SMILES string of the molecule is O=C(NC1CCc2cc(N3C[C@H](CO)OC3=O)ccc2NC1=O)OCc1ccccc1. The molecule has 0 aliphatic carbocycles. The first-order valence-electron chi connectivity index (χ1n) is 10.0. The number of ether oxygens (including phenoxy) is 2. The van der Waals surface area contributed by atoms with Crippen molar-refractivity contribution in [1.82, 2.24) is 5.32 Å². The fourth-order valence-corrected chi connectivity index (χ4v) is 3.60. The van der Waals surface area contributed by atoms with Crippen LogP contribution in [-0.4, -0.2) is 48.5 Å². The number of aliphatic hydroxyl groups is 1. The molecule has 1 fully saturated rings. The average Bonchev–Trinajstić information content (AvgIpc) is 3.09. The van der Waals surface area contributed by atoms with Gasteiger partial charge in [-0.25, -0.2) is 9.59 Å². The highest BCUT2D eigenvalue weighted by molar-refractivity contribution is 5.98. The molecule has 1 saturated heterocycles. The molecule has 3 N–H and O–H groups in total. The predicted molar refractivity (Wildman–Crippen MR) is 112 cm³/mol. The zero-order valence-corrected chi connectivity index (χ0v) is 16.7. The number of fused-ring (bicyclic) bond motifs is 1. The Hall–Kier alpha value is -3.59. The summed E-state index contributed by atoms with van der Waals surface area (Å²) < 4.78 is 10.3. The lowest BCUT2D eigenvalue weighted by molar-refractivity contribution is -0.118. The van der Waals surface area contributed by atoms with Crippen LogP contribution in [0.1, 0.15) is 17.5 Å². The van der Waals surface area contributed by atoms with Gasteiger partial charge in [0.1, 0.15) is 18.8 Å². The number of aliphatic hydroxyl groups excluding tert-OH is 1. The Bertz CT molecular complexity index is 980. The van der Waals surface area contributed by atoms with E-state index in [1.807, 2.05) is 36.4 Å². The van der Waals surface area contributed by atoms with E-state index in [2.05, 4.69) is 10.6 Å². The zero-order valence-electron chi connectivity index (χ0n) is 16.7. The zero-order chi connectivity index (χ0) is 21.8. The highest BCUT2D eigenvalue weighted by Gasteiger charge is 2.33. The van der Waals surface area contributed by atoms with E-state index in [-0.39, 0.29) is 25.7 Å². The van der Waals surface area contributed by atoms with Gasteiger partial charge in [-0.2, -0.15) is 0 Å². The van der Waals surface area contributed by atoms with Crippen molar-refractivity contribution in [3.8, 4) is 0 Å². The number of nitrogens with one attached hydrogen (secondary N) is 2. The van der Waals surface area contributed by atoms with Crippen molar-refractivity contribution >= 4 is 29.5 Å². The third-order valence-corrected chi connectivity index (χ3v) is 5.26. The molecule has 0 saturated carbocycles. The summed E-state index contributed by atoms with van der Waals surface area (Å²) in [7, 11) is 0. The molecule has 1 unspecified atom stereocenters. The summed E-state index contributed by atoms with van der Waals surface area (Å²) in [4.78, 5) is 38.2. The molecule has 2 aliphatic rings. The number of amides is 3. The first-order valence-corrected chi connectivity index (χ1v) is 10.0. The lowest BCUT2D eigenvalue weighted by atomic mass is 10.0. The third-order valence-electron chi connectivity index (χ3n) is 5.26. The lowest BCUT2D eigenvalue weighted by Gasteiger charge is -2.16. The van der Waals surface area contributed by atoms with Gasteiger partial charge in [0.25, 0.3) is 0 Å². The van der Waals surface area contributed by atoms with Crippen LogP contribution in [0.3, 0.4) is 0 Å². The number of benzene rings is 2. The summed E-state index contributed by atoms with van der Waals surface area (Å²) in [5.41, 5.74) is 2.95. The predicted octanol–water partition coefficient (Wildman–Crippen LogP) is 2.18. The van der Waals surface area contributed by atoms with Crippen molar-refractivity contribution in [3.63, 3.8) is 0 Å². The number of anilines is 2. The van der Waals surface area contributed by atoms with Crippen molar-refractivity contribution in [2.45, 2.75) is 31.6 Å². The summed E-state index contributed by atoms with van der Waals surface area (Å²) >= 11 is 0. The Morgan fingerprint density at radius 2 is 2.03 bits per heavy atom. The monoisotopic (exact) mass is 425 g/mol. The van der Waals surface area contributed by atoms with Crippen LogP contribution in [0.25, 0.3) is 0 Å². The first kappa shape index (κ1) is 20.7. The molecule has 3 amide bonds. The number of carbonyl (C=O) groups excluding carboxylic acids is 3. The van der Waals surface area contributed by atoms with E-state index >= 15 is 0 Å². The second-order valence-electron chi connectivity index (χ2n) is 7.43. The van der Waals surface area contributed by atoms with E-state index in [4.69, 9.17) is 9.47 Å². The number of aryl methyl sites for hydroxylation is 1. The molecule has 0 bridgehead atoms. The average molecular weight is 425 g/mol. The molecule has 9 nitrogen and oxygen atoms in total. The quantitative estimate of drug-likeness (QED) is 0.676. The molecule has 2 aromatic rings. The molecule has 2 aliphatic heterocycles. The van der Waals surface area contributed by atoms with Gasteiger partial charge in [-0.05, 0) is 42.2 Å². The third kappa shape index (κ3) is 4.77. The lowest BCUT2D eigenvalue weighted by Crippen LogP contribution is -2.43. The fourth-order valence-electron chi connectivity index (χ4n) is 3.60. The van der Waals surface area contributed by atoms with Crippen molar-refractivity contribution < 1.29 is 29.0 Å². The van der Waals surface area contributed by atoms with Gasteiger partial charge in [0.2, 0.25) is 5.91 Å².